The molecule has 0 fully saturated rings. The second kappa shape index (κ2) is 7.91. The average Bonchev–Trinajstić information content (AvgIpc) is 2.41. The number of halogens is 1. The smallest absolute Gasteiger partial charge is 0.241 e. The highest BCUT2D eigenvalue weighted by molar-refractivity contribution is 6.29. The Morgan fingerprint density at radius 1 is 1.47 bits per heavy atom. The van der Waals surface area contributed by atoms with Gasteiger partial charge in [-0.1, -0.05) is 11.6 Å². The Labute approximate surface area is 118 Å². The molecule has 1 aromatic rings. The highest BCUT2D eigenvalue weighted by atomic mass is 35.5. The molecule has 0 radical (unpaired) electrons. The molecule has 0 spiro atoms. The molecule has 1 heterocycles. The topological polar surface area (TPSA) is 67.3 Å². The van der Waals surface area contributed by atoms with E-state index in [1.807, 2.05) is 13.8 Å². The van der Waals surface area contributed by atoms with E-state index in [1.165, 1.54) is 0 Å². The number of ether oxygens (including phenoxy) is 1. The number of likely N-dealkylation sites (N-methyl/N-ethyl adjacent to an activating group) is 1. The molecule has 1 N–H and O–H groups in total. The van der Waals surface area contributed by atoms with Crippen molar-refractivity contribution in [1.29, 1.82) is 0 Å². The minimum atomic E-state index is -0.0106. The average molecular weight is 287 g/mol. The predicted octanol–water partition coefficient (Wildman–Crippen LogP) is 1.56. The minimum Gasteiger partial charge on any atom is -0.374 e. The third-order valence-electron chi connectivity index (χ3n) is 2.50. The largest absolute Gasteiger partial charge is 0.374 e. The molecule has 1 aromatic heterocycles. The molecule has 0 bridgehead atoms. The number of amides is 1. The molecule has 19 heavy (non-hydrogen) atoms. The van der Waals surface area contributed by atoms with Crippen LogP contribution in [-0.2, 0) is 16.1 Å². The van der Waals surface area contributed by atoms with Gasteiger partial charge in [0.05, 0.1) is 6.54 Å². The zero-order chi connectivity index (χ0) is 14.3. The molecule has 0 atom stereocenters. The van der Waals surface area contributed by atoms with E-state index in [0.717, 1.165) is 0 Å². The Morgan fingerprint density at radius 3 is 2.84 bits per heavy atom. The van der Waals surface area contributed by atoms with Crippen molar-refractivity contribution in [2.24, 2.45) is 0 Å². The lowest BCUT2D eigenvalue weighted by atomic mass is 10.4. The number of carbonyl (C=O) groups excluding carboxylic acids is 1. The second-order valence-corrected chi connectivity index (χ2v) is 4.28. The summed E-state index contributed by atoms with van der Waals surface area (Å²) in [6.07, 6.45) is 0. The normalized spacial score (nSPS) is 10.3. The van der Waals surface area contributed by atoms with Crippen molar-refractivity contribution >= 4 is 23.3 Å². The molecule has 0 aliphatic heterocycles. The Hall–Kier alpha value is -1.40. The van der Waals surface area contributed by atoms with Crippen LogP contribution in [0.4, 0.5) is 5.82 Å². The van der Waals surface area contributed by atoms with Gasteiger partial charge in [-0.25, -0.2) is 9.97 Å². The number of anilines is 1. The molecule has 106 valence electrons. The molecule has 0 aliphatic rings. The maximum absolute atomic E-state index is 11.7. The number of carbonyl (C=O) groups is 1. The minimum absolute atomic E-state index is 0.0106. The number of hydrogen-bond acceptors (Lipinski definition) is 5. The van der Waals surface area contributed by atoms with Crippen LogP contribution in [0.5, 0.6) is 0 Å². The van der Waals surface area contributed by atoms with Gasteiger partial charge in [0.25, 0.3) is 0 Å². The molecule has 1 rings (SSSR count). The second-order valence-electron chi connectivity index (χ2n) is 3.89. The van der Waals surface area contributed by atoms with E-state index in [1.54, 1.807) is 18.0 Å². The van der Waals surface area contributed by atoms with Crippen molar-refractivity contribution in [3.05, 3.63) is 17.0 Å². The van der Waals surface area contributed by atoms with Crippen LogP contribution >= 0.6 is 11.6 Å². The first-order valence-electron chi connectivity index (χ1n) is 6.15. The maximum atomic E-state index is 11.7. The summed E-state index contributed by atoms with van der Waals surface area (Å²) >= 11 is 5.89. The quantitative estimate of drug-likeness (QED) is 0.771. The summed E-state index contributed by atoms with van der Waals surface area (Å²) in [5.41, 5.74) is 0. The van der Waals surface area contributed by atoms with E-state index in [0.29, 0.717) is 36.6 Å². The van der Waals surface area contributed by atoms with Gasteiger partial charge in [0.15, 0.2) is 5.82 Å². The summed E-state index contributed by atoms with van der Waals surface area (Å²) < 4.78 is 5.22. The van der Waals surface area contributed by atoms with E-state index in [2.05, 4.69) is 15.3 Å². The molecule has 0 aliphatic carbocycles. The number of aromatic nitrogens is 2. The Kier molecular flexibility index (Phi) is 6.52. The van der Waals surface area contributed by atoms with Crippen molar-refractivity contribution in [1.82, 2.24) is 14.9 Å². The molecular weight excluding hydrogens is 268 g/mol. The van der Waals surface area contributed by atoms with Gasteiger partial charge in [-0.2, -0.15) is 0 Å². The van der Waals surface area contributed by atoms with Gasteiger partial charge in [0.1, 0.15) is 17.6 Å². The lowest BCUT2D eigenvalue weighted by molar-refractivity contribution is -0.127. The first-order chi connectivity index (χ1) is 9.06. The number of nitrogens with zero attached hydrogens (tertiary/aromatic N) is 3. The summed E-state index contributed by atoms with van der Waals surface area (Å²) in [6, 6.07) is 1.58. The highest BCUT2D eigenvalue weighted by Gasteiger charge is 2.08. The fourth-order valence-electron chi connectivity index (χ4n) is 1.29. The fourth-order valence-corrected chi connectivity index (χ4v) is 1.49. The van der Waals surface area contributed by atoms with Crippen LogP contribution in [0.1, 0.15) is 19.7 Å². The van der Waals surface area contributed by atoms with Gasteiger partial charge in [-0.15, -0.1) is 0 Å². The zero-order valence-corrected chi connectivity index (χ0v) is 12.2. The van der Waals surface area contributed by atoms with E-state index in [-0.39, 0.29) is 12.5 Å². The Bertz CT molecular complexity index is 428. The van der Waals surface area contributed by atoms with Crippen LogP contribution < -0.4 is 5.32 Å². The summed E-state index contributed by atoms with van der Waals surface area (Å²) in [7, 11) is 1.75. The molecule has 6 nitrogen and oxygen atoms in total. The maximum Gasteiger partial charge on any atom is 0.241 e. The van der Waals surface area contributed by atoms with Crippen molar-refractivity contribution in [3.8, 4) is 0 Å². The van der Waals surface area contributed by atoms with Crippen LogP contribution in [0.15, 0.2) is 6.07 Å². The predicted molar refractivity (Wildman–Crippen MR) is 74.2 cm³/mol. The third kappa shape index (κ3) is 5.40. The first kappa shape index (κ1) is 15.7. The van der Waals surface area contributed by atoms with Gasteiger partial charge in [-0.3, -0.25) is 4.79 Å². The van der Waals surface area contributed by atoms with Crippen LogP contribution in [0, 0.1) is 0 Å². The molecule has 0 saturated carbocycles. The standard InChI is InChI=1S/C12H19ClN4O2/c1-4-17(3)12(18)7-14-10-6-9(13)15-11(16-10)8-19-5-2/h6H,4-5,7-8H2,1-3H3,(H,14,15,16). The van der Waals surface area contributed by atoms with Gasteiger partial charge in [0.2, 0.25) is 5.91 Å². The monoisotopic (exact) mass is 286 g/mol. The Balaban J connectivity index is 2.62. The number of nitrogens with one attached hydrogen (secondary N) is 1. The van der Waals surface area contributed by atoms with Gasteiger partial charge >= 0.3 is 0 Å². The SMILES string of the molecule is CCOCc1nc(Cl)cc(NCC(=O)N(C)CC)n1. The molecule has 0 saturated heterocycles. The number of rotatable bonds is 7. The molecule has 0 unspecified atom stereocenters. The van der Waals surface area contributed by atoms with E-state index >= 15 is 0 Å². The van der Waals surface area contributed by atoms with E-state index in [9.17, 15) is 4.79 Å². The summed E-state index contributed by atoms with van der Waals surface area (Å²) in [5, 5.41) is 3.26. The molecule has 7 heteroatoms. The molecule has 0 aromatic carbocycles. The molecular formula is C12H19ClN4O2. The Morgan fingerprint density at radius 2 is 2.21 bits per heavy atom. The van der Waals surface area contributed by atoms with Gasteiger partial charge in [0, 0.05) is 26.3 Å². The van der Waals surface area contributed by atoms with Gasteiger partial charge < -0.3 is 15.0 Å². The first-order valence-corrected chi connectivity index (χ1v) is 6.53. The highest BCUT2D eigenvalue weighted by Crippen LogP contribution is 2.12. The van der Waals surface area contributed by atoms with Crippen molar-refractivity contribution in [2.45, 2.75) is 20.5 Å². The molecule has 1 amide bonds. The van der Waals surface area contributed by atoms with E-state index in [4.69, 9.17) is 16.3 Å². The summed E-state index contributed by atoms with van der Waals surface area (Å²) in [6.45, 7) is 5.53. The van der Waals surface area contributed by atoms with Crippen LogP contribution in [0.3, 0.4) is 0 Å². The van der Waals surface area contributed by atoms with Crippen molar-refractivity contribution < 1.29 is 9.53 Å². The van der Waals surface area contributed by atoms with Crippen LogP contribution in [0.25, 0.3) is 0 Å². The fraction of sp³-hybridized carbons (Fsp3) is 0.583. The lowest BCUT2D eigenvalue weighted by Gasteiger charge is -2.15. The zero-order valence-electron chi connectivity index (χ0n) is 11.4. The lowest BCUT2D eigenvalue weighted by Crippen LogP contribution is -2.32. The summed E-state index contributed by atoms with van der Waals surface area (Å²) in [4.78, 5) is 21.5. The van der Waals surface area contributed by atoms with Crippen LogP contribution in [-0.4, -0.2) is 47.5 Å². The van der Waals surface area contributed by atoms with Gasteiger partial charge in [-0.05, 0) is 13.8 Å². The summed E-state index contributed by atoms with van der Waals surface area (Å²) in [5.74, 6) is 1.00. The van der Waals surface area contributed by atoms with Crippen molar-refractivity contribution in [3.63, 3.8) is 0 Å². The van der Waals surface area contributed by atoms with Crippen LogP contribution in [0.2, 0.25) is 5.15 Å². The third-order valence-corrected chi connectivity index (χ3v) is 2.69. The van der Waals surface area contributed by atoms with E-state index < -0.39 is 0 Å². The number of hydrogen-bond donors (Lipinski definition) is 1. The van der Waals surface area contributed by atoms with Crippen molar-refractivity contribution in [2.75, 3.05) is 32.1 Å².